The number of fused-ring (bicyclic) bond motifs is 1. The molecule has 170 valence electrons. The summed E-state index contributed by atoms with van der Waals surface area (Å²) >= 11 is 7.58. The minimum Gasteiger partial charge on any atom is -0.353 e. The fraction of sp³-hybridized carbons (Fsp3) is 0.450. The standard InChI is InChI=1S/C20H23ClFN5OS.2ClH/c1-12-18-17(10-29-12)24-11-25-19(18)26-4-6-27(7-5-26)20(28)16(23)9-13-2-3-14(21)15(22)8-13;;/h2-3,8,11-12,16H,4-7,9-10,23H2,1H3;2*1H/t12-,16-;;/m1../s1. The van der Waals surface area contributed by atoms with Crippen LogP contribution in [0.5, 0.6) is 0 Å². The van der Waals surface area contributed by atoms with Crippen LogP contribution in [0.15, 0.2) is 24.5 Å². The number of nitrogens with two attached hydrogens (primary N) is 1. The summed E-state index contributed by atoms with van der Waals surface area (Å²) in [6.07, 6.45) is 1.91. The Morgan fingerprint density at radius 2 is 2.00 bits per heavy atom. The molecular formula is C20H25Cl3FN5OS. The highest BCUT2D eigenvalue weighted by atomic mass is 35.5. The van der Waals surface area contributed by atoms with Gasteiger partial charge in [0.2, 0.25) is 5.91 Å². The van der Waals surface area contributed by atoms with Crippen molar-refractivity contribution in [2.45, 2.75) is 30.4 Å². The van der Waals surface area contributed by atoms with E-state index in [0.29, 0.717) is 37.0 Å². The van der Waals surface area contributed by atoms with Crippen molar-refractivity contribution < 1.29 is 9.18 Å². The number of aromatic nitrogens is 2. The minimum atomic E-state index is -0.707. The van der Waals surface area contributed by atoms with Gasteiger partial charge in [-0.15, -0.1) is 36.6 Å². The molecule has 2 N–H and O–H groups in total. The molecule has 1 fully saturated rings. The van der Waals surface area contributed by atoms with Gasteiger partial charge in [0.15, 0.2) is 0 Å². The molecule has 1 saturated heterocycles. The van der Waals surface area contributed by atoms with Gasteiger partial charge in [-0.1, -0.05) is 17.7 Å². The summed E-state index contributed by atoms with van der Waals surface area (Å²) in [6, 6.07) is 3.82. The molecule has 0 aliphatic carbocycles. The molecule has 0 spiro atoms. The van der Waals surface area contributed by atoms with Crippen LogP contribution in [-0.2, 0) is 17.0 Å². The Morgan fingerprint density at radius 3 is 2.68 bits per heavy atom. The lowest BCUT2D eigenvalue weighted by molar-refractivity contribution is -0.132. The SMILES string of the molecule is C[C@H]1SCc2ncnc(N3CCN(C(=O)[C@H](N)Cc4ccc(Cl)c(F)c4)CC3)c21.Cl.Cl. The van der Waals surface area contributed by atoms with Gasteiger partial charge in [0, 0.05) is 42.7 Å². The normalized spacial score (nSPS) is 18.6. The van der Waals surface area contributed by atoms with Crippen LogP contribution in [0.1, 0.15) is 29.0 Å². The summed E-state index contributed by atoms with van der Waals surface area (Å²) in [5, 5.41) is 0.447. The number of nitrogens with zero attached hydrogens (tertiary/aromatic N) is 4. The number of piperazine rings is 1. The molecule has 1 amide bonds. The highest BCUT2D eigenvalue weighted by Gasteiger charge is 2.30. The molecule has 6 nitrogen and oxygen atoms in total. The Morgan fingerprint density at radius 1 is 1.29 bits per heavy atom. The topological polar surface area (TPSA) is 75.4 Å². The molecule has 3 heterocycles. The number of carbonyl (C=O) groups excluding carboxylic acids is 1. The number of benzene rings is 1. The van der Waals surface area contributed by atoms with Crippen LogP contribution in [0.3, 0.4) is 0 Å². The number of rotatable bonds is 4. The van der Waals surface area contributed by atoms with Crippen LogP contribution < -0.4 is 10.6 Å². The molecule has 4 rings (SSSR count). The molecule has 1 aromatic heterocycles. The van der Waals surface area contributed by atoms with Gasteiger partial charge in [-0.05, 0) is 31.0 Å². The summed E-state index contributed by atoms with van der Waals surface area (Å²) in [4.78, 5) is 25.7. The number of amides is 1. The number of halogens is 4. The lowest BCUT2D eigenvalue weighted by atomic mass is 10.0. The predicted octanol–water partition coefficient (Wildman–Crippen LogP) is 3.64. The van der Waals surface area contributed by atoms with Crippen molar-refractivity contribution in [2.24, 2.45) is 5.73 Å². The zero-order chi connectivity index (χ0) is 20.5. The second kappa shape index (κ2) is 11.0. The van der Waals surface area contributed by atoms with Gasteiger partial charge >= 0.3 is 0 Å². The lowest BCUT2D eigenvalue weighted by Crippen LogP contribution is -2.54. The van der Waals surface area contributed by atoms with E-state index in [9.17, 15) is 9.18 Å². The molecule has 0 radical (unpaired) electrons. The maximum atomic E-state index is 13.6. The van der Waals surface area contributed by atoms with E-state index in [2.05, 4.69) is 21.8 Å². The Bertz CT molecular complexity index is 930. The van der Waals surface area contributed by atoms with Gasteiger partial charge in [-0.3, -0.25) is 4.79 Å². The Kier molecular flexibility index (Phi) is 9.21. The Balaban J connectivity index is 0.00000171. The van der Waals surface area contributed by atoms with Gasteiger partial charge in [-0.25, -0.2) is 14.4 Å². The van der Waals surface area contributed by atoms with Crippen LogP contribution >= 0.6 is 48.2 Å². The van der Waals surface area contributed by atoms with E-state index in [1.165, 1.54) is 17.7 Å². The molecule has 0 saturated carbocycles. The van der Waals surface area contributed by atoms with Crippen molar-refractivity contribution in [1.82, 2.24) is 14.9 Å². The molecule has 2 aromatic rings. The first-order valence-corrected chi connectivity index (χ1v) is 11.1. The highest BCUT2D eigenvalue weighted by molar-refractivity contribution is 7.99. The molecule has 0 unspecified atom stereocenters. The predicted molar refractivity (Wildman–Crippen MR) is 128 cm³/mol. The van der Waals surface area contributed by atoms with Crippen LogP contribution in [0.25, 0.3) is 0 Å². The van der Waals surface area contributed by atoms with Crippen molar-refractivity contribution in [2.75, 3.05) is 31.1 Å². The highest BCUT2D eigenvalue weighted by Crippen LogP contribution is 2.44. The zero-order valence-electron chi connectivity index (χ0n) is 17.0. The number of hydrogen-bond acceptors (Lipinski definition) is 6. The molecular weight excluding hydrogens is 484 g/mol. The molecule has 2 aliphatic heterocycles. The smallest absolute Gasteiger partial charge is 0.239 e. The summed E-state index contributed by atoms with van der Waals surface area (Å²) in [5.41, 5.74) is 9.12. The average Bonchev–Trinajstić information content (AvgIpc) is 3.11. The fourth-order valence-electron chi connectivity index (χ4n) is 3.87. The summed E-state index contributed by atoms with van der Waals surface area (Å²) in [7, 11) is 0. The van der Waals surface area contributed by atoms with Crippen LogP contribution in [0.4, 0.5) is 10.2 Å². The minimum absolute atomic E-state index is 0. The van der Waals surface area contributed by atoms with Gasteiger partial charge in [0.25, 0.3) is 0 Å². The van der Waals surface area contributed by atoms with Crippen molar-refractivity contribution in [3.8, 4) is 0 Å². The molecule has 31 heavy (non-hydrogen) atoms. The van der Waals surface area contributed by atoms with Crippen molar-refractivity contribution in [3.63, 3.8) is 0 Å². The number of carbonyl (C=O) groups is 1. The average molecular weight is 509 g/mol. The van der Waals surface area contributed by atoms with Crippen molar-refractivity contribution >= 4 is 59.9 Å². The van der Waals surface area contributed by atoms with E-state index < -0.39 is 11.9 Å². The number of hydrogen-bond donors (Lipinski definition) is 1. The second-order valence-electron chi connectivity index (χ2n) is 7.38. The summed E-state index contributed by atoms with van der Waals surface area (Å²) in [5.74, 6) is 1.30. The monoisotopic (exact) mass is 507 g/mol. The van der Waals surface area contributed by atoms with Crippen LogP contribution in [-0.4, -0.2) is 53.0 Å². The van der Waals surface area contributed by atoms with Crippen molar-refractivity contribution in [3.05, 3.63) is 52.2 Å². The second-order valence-corrected chi connectivity index (χ2v) is 9.12. The molecule has 1 aromatic carbocycles. The summed E-state index contributed by atoms with van der Waals surface area (Å²) < 4.78 is 13.6. The third kappa shape index (κ3) is 5.54. The zero-order valence-corrected chi connectivity index (χ0v) is 20.2. The van der Waals surface area contributed by atoms with E-state index in [1.54, 1.807) is 17.3 Å². The van der Waals surface area contributed by atoms with E-state index >= 15 is 0 Å². The van der Waals surface area contributed by atoms with E-state index in [0.717, 1.165) is 17.3 Å². The Hall–Kier alpha value is -1.32. The first-order chi connectivity index (χ1) is 13.9. The maximum absolute atomic E-state index is 13.6. The van der Waals surface area contributed by atoms with Gasteiger partial charge in [0.05, 0.1) is 16.8 Å². The van der Waals surface area contributed by atoms with Crippen LogP contribution in [0, 0.1) is 5.82 Å². The number of anilines is 1. The third-order valence-corrected chi connectivity index (χ3v) is 6.95. The van der Waals surface area contributed by atoms with Gasteiger partial charge < -0.3 is 15.5 Å². The van der Waals surface area contributed by atoms with Gasteiger partial charge in [-0.2, -0.15) is 0 Å². The lowest BCUT2D eigenvalue weighted by Gasteiger charge is -2.37. The van der Waals surface area contributed by atoms with E-state index in [1.807, 2.05) is 11.8 Å². The maximum Gasteiger partial charge on any atom is 0.239 e. The first-order valence-electron chi connectivity index (χ1n) is 9.62. The Labute approximate surface area is 202 Å². The van der Waals surface area contributed by atoms with E-state index in [-0.39, 0.29) is 42.2 Å². The molecule has 2 aliphatic rings. The molecule has 11 heteroatoms. The fourth-order valence-corrected chi connectivity index (χ4v) is 5.04. The van der Waals surface area contributed by atoms with Gasteiger partial charge in [0.1, 0.15) is 18.0 Å². The quantitative estimate of drug-likeness (QED) is 0.680. The van der Waals surface area contributed by atoms with E-state index in [4.69, 9.17) is 17.3 Å². The summed E-state index contributed by atoms with van der Waals surface area (Å²) in [6.45, 7) is 4.76. The third-order valence-electron chi connectivity index (χ3n) is 5.47. The molecule has 0 bridgehead atoms. The largest absolute Gasteiger partial charge is 0.353 e. The first kappa shape index (κ1) is 25.9. The van der Waals surface area contributed by atoms with Crippen LogP contribution in [0.2, 0.25) is 5.02 Å². The molecule has 2 atom stereocenters. The number of thioether (sulfide) groups is 1. The van der Waals surface area contributed by atoms with Crippen molar-refractivity contribution in [1.29, 1.82) is 0 Å².